The minimum Gasteiger partial charge on any atom is -0.467 e. The smallest absolute Gasteiger partial charge is 0.330 e. The topological polar surface area (TPSA) is 38.3 Å². The van der Waals surface area contributed by atoms with Gasteiger partial charge in [0, 0.05) is 0 Å². The lowest BCUT2D eigenvalue weighted by molar-refractivity contribution is -0.148. The number of methoxy groups -OCH3 is 1. The van der Waals surface area contributed by atoms with E-state index < -0.39 is 5.54 Å². The van der Waals surface area contributed by atoms with Crippen molar-refractivity contribution in [3.63, 3.8) is 0 Å². The number of benzene rings is 2. The second-order valence-corrected chi connectivity index (χ2v) is 4.43. The first kappa shape index (κ1) is 12.6. The molecule has 0 aromatic heterocycles. The standard InChI is InChI=1S/C15H17NO2/c1-15(16-2,14(17)18-3)13-9-8-11-6-4-5-7-12(11)10-13/h4-10,16H,1-3H3. The van der Waals surface area contributed by atoms with Gasteiger partial charge in [-0.25, -0.2) is 4.79 Å². The minimum absolute atomic E-state index is 0.291. The van der Waals surface area contributed by atoms with E-state index in [-0.39, 0.29) is 5.97 Å². The van der Waals surface area contributed by atoms with Crippen LogP contribution < -0.4 is 5.32 Å². The predicted molar refractivity (Wildman–Crippen MR) is 72.4 cm³/mol. The SMILES string of the molecule is CNC(C)(C(=O)OC)c1ccc2ccccc2c1. The average Bonchev–Trinajstić information content (AvgIpc) is 2.44. The highest BCUT2D eigenvalue weighted by Gasteiger charge is 2.34. The van der Waals surface area contributed by atoms with Gasteiger partial charge in [0.2, 0.25) is 0 Å². The summed E-state index contributed by atoms with van der Waals surface area (Å²) in [5.74, 6) is -0.291. The number of hydrogen-bond donors (Lipinski definition) is 1. The lowest BCUT2D eigenvalue weighted by Gasteiger charge is -2.26. The Kier molecular flexibility index (Phi) is 3.34. The molecule has 0 saturated carbocycles. The van der Waals surface area contributed by atoms with Crippen LogP contribution in [-0.4, -0.2) is 20.1 Å². The highest BCUT2D eigenvalue weighted by molar-refractivity contribution is 5.87. The summed E-state index contributed by atoms with van der Waals surface area (Å²) in [5.41, 5.74) is 0.0780. The van der Waals surface area contributed by atoms with E-state index in [9.17, 15) is 4.79 Å². The van der Waals surface area contributed by atoms with Gasteiger partial charge in [0.25, 0.3) is 0 Å². The lowest BCUT2D eigenvalue weighted by atomic mass is 9.90. The molecule has 0 radical (unpaired) electrons. The molecule has 2 aromatic carbocycles. The number of carbonyl (C=O) groups excluding carboxylic acids is 1. The van der Waals surface area contributed by atoms with E-state index in [4.69, 9.17) is 4.74 Å². The van der Waals surface area contributed by atoms with Crippen LogP contribution in [0.5, 0.6) is 0 Å². The van der Waals surface area contributed by atoms with Gasteiger partial charge in [-0.3, -0.25) is 0 Å². The monoisotopic (exact) mass is 243 g/mol. The summed E-state index contributed by atoms with van der Waals surface area (Å²) in [6, 6.07) is 14.1. The van der Waals surface area contributed by atoms with Crippen molar-refractivity contribution in [3.8, 4) is 0 Å². The van der Waals surface area contributed by atoms with Gasteiger partial charge in [-0.2, -0.15) is 0 Å². The number of nitrogens with one attached hydrogen (secondary N) is 1. The number of carbonyl (C=O) groups is 1. The van der Waals surface area contributed by atoms with Crippen molar-refractivity contribution in [3.05, 3.63) is 48.0 Å². The summed E-state index contributed by atoms with van der Waals surface area (Å²) in [6.45, 7) is 1.82. The summed E-state index contributed by atoms with van der Waals surface area (Å²) in [4.78, 5) is 11.9. The quantitative estimate of drug-likeness (QED) is 0.841. The molecular formula is C15H17NO2. The zero-order chi connectivity index (χ0) is 13.2. The number of rotatable bonds is 3. The molecule has 0 spiro atoms. The van der Waals surface area contributed by atoms with E-state index >= 15 is 0 Å². The first-order chi connectivity index (χ1) is 8.61. The molecule has 0 bridgehead atoms. The third kappa shape index (κ3) is 1.97. The van der Waals surface area contributed by atoms with Gasteiger partial charge < -0.3 is 10.1 Å². The van der Waals surface area contributed by atoms with Gasteiger partial charge in [0.15, 0.2) is 0 Å². The fourth-order valence-electron chi connectivity index (χ4n) is 2.07. The van der Waals surface area contributed by atoms with Crippen LogP contribution in [0.4, 0.5) is 0 Å². The average molecular weight is 243 g/mol. The first-order valence-electron chi connectivity index (χ1n) is 5.88. The van der Waals surface area contributed by atoms with Crippen molar-refractivity contribution in [2.75, 3.05) is 14.2 Å². The van der Waals surface area contributed by atoms with Gasteiger partial charge in [-0.1, -0.05) is 36.4 Å². The molecule has 1 unspecified atom stereocenters. The van der Waals surface area contributed by atoms with Crippen molar-refractivity contribution in [2.45, 2.75) is 12.5 Å². The largest absolute Gasteiger partial charge is 0.467 e. The molecule has 3 heteroatoms. The van der Waals surface area contributed by atoms with E-state index in [0.29, 0.717) is 0 Å². The maximum atomic E-state index is 11.9. The van der Waals surface area contributed by atoms with E-state index in [1.165, 1.54) is 7.11 Å². The molecule has 0 aliphatic rings. The van der Waals surface area contributed by atoms with Crippen LogP contribution in [0.1, 0.15) is 12.5 Å². The molecule has 2 aromatic rings. The van der Waals surface area contributed by atoms with Crippen LogP contribution in [0, 0.1) is 0 Å². The van der Waals surface area contributed by atoms with Crippen molar-refractivity contribution >= 4 is 16.7 Å². The first-order valence-corrected chi connectivity index (χ1v) is 5.88. The van der Waals surface area contributed by atoms with Gasteiger partial charge in [0.1, 0.15) is 5.54 Å². The van der Waals surface area contributed by atoms with Crippen molar-refractivity contribution in [1.29, 1.82) is 0 Å². The van der Waals surface area contributed by atoms with Gasteiger partial charge >= 0.3 is 5.97 Å². The van der Waals surface area contributed by atoms with E-state index in [2.05, 4.69) is 5.32 Å². The molecule has 0 fully saturated rings. The Morgan fingerprint density at radius 2 is 1.83 bits per heavy atom. The Morgan fingerprint density at radius 3 is 2.44 bits per heavy atom. The molecule has 18 heavy (non-hydrogen) atoms. The minimum atomic E-state index is -0.821. The molecule has 0 heterocycles. The summed E-state index contributed by atoms with van der Waals surface area (Å²) < 4.78 is 4.87. The van der Waals surface area contributed by atoms with Crippen LogP contribution in [0.3, 0.4) is 0 Å². The number of likely N-dealkylation sites (N-methyl/N-ethyl adjacent to an activating group) is 1. The number of esters is 1. The molecule has 1 atom stereocenters. The van der Waals surface area contributed by atoms with Crippen LogP contribution >= 0.6 is 0 Å². The zero-order valence-corrected chi connectivity index (χ0v) is 10.9. The molecule has 94 valence electrons. The molecule has 3 nitrogen and oxygen atoms in total. The molecule has 1 N–H and O–H groups in total. The van der Waals surface area contributed by atoms with Gasteiger partial charge in [-0.15, -0.1) is 0 Å². The van der Waals surface area contributed by atoms with Crippen LogP contribution in [-0.2, 0) is 15.1 Å². The summed E-state index contributed by atoms with van der Waals surface area (Å²) in [7, 11) is 3.16. The van der Waals surface area contributed by atoms with Gasteiger partial charge in [0.05, 0.1) is 7.11 Å². The highest BCUT2D eigenvalue weighted by Crippen LogP contribution is 2.25. The van der Waals surface area contributed by atoms with Gasteiger partial charge in [-0.05, 0) is 36.4 Å². The predicted octanol–water partition coefficient (Wildman–Crippen LogP) is 2.45. The Bertz CT molecular complexity index is 579. The van der Waals surface area contributed by atoms with E-state index in [1.807, 2.05) is 49.4 Å². The third-order valence-electron chi connectivity index (χ3n) is 3.42. The number of fused-ring (bicyclic) bond motifs is 1. The Hall–Kier alpha value is -1.87. The third-order valence-corrected chi connectivity index (χ3v) is 3.42. The van der Waals surface area contributed by atoms with Crippen LogP contribution in [0.2, 0.25) is 0 Å². The van der Waals surface area contributed by atoms with Crippen LogP contribution in [0.15, 0.2) is 42.5 Å². The molecule has 0 amide bonds. The molecular weight excluding hydrogens is 226 g/mol. The Labute approximate surface area is 107 Å². The molecule has 0 saturated heterocycles. The molecule has 2 rings (SSSR count). The highest BCUT2D eigenvalue weighted by atomic mass is 16.5. The fourth-order valence-corrected chi connectivity index (χ4v) is 2.07. The second-order valence-electron chi connectivity index (χ2n) is 4.43. The van der Waals surface area contributed by atoms with Crippen molar-refractivity contribution in [2.24, 2.45) is 0 Å². The van der Waals surface area contributed by atoms with E-state index in [1.54, 1.807) is 7.05 Å². The van der Waals surface area contributed by atoms with Crippen molar-refractivity contribution < 1.29 is 9.53 Å². The lowest BCUT2D eigenvalue weighted by Crippen LogP contribution is -2.45. The Balaban J connectivity index is 2.55. The zero-order valence-electron chi connectivity index (χ0n) is 10.9. The Morgan fingerprint density at radius 1 is 1.17 bits per heavy atom. The van der Waals surface area contributed by atoms with E-state index in [0.717, 1.165) is 16.3 Å². The number of hydrogen-bond acceptors (Lipinski definition) is 3. The molecule has 0 aliphatic heterocycles. The number of ether oxygens (including phenoxy) is 1. The summed E-state index contributed by atoms with van der Waals surface area (Å²) in [6.07, 6.45) is 0. The van der Waals surface area contributed by atoms with Crippen molar-refractivity contribution in [1.82, 2.24) is 5.32 Å². The second kappa shape index (κ2) is 4.78. The fraction of sp³-hybridized carbons (Fsp3) is 0.267. The maximum absolute atomic E-state index is 11.9. The maximum Gasteiger partial charge on any atom is 0.330 e. The summed E-state index contributed by atoms with van der Waals surface area (Å²) >= 11 is 0. The summed E-state index contributed by atoms with van der Waals surface area (Å²) in [5, 5.41) is 5.30. The van der Waals surface area contributed by atoms with Crippen LogP contribution in [0.25, 0.3) is 10.8 Å². The normalized spacial score (nSPS) is 14.2. The molecule has 0 aliphatic carbocycles.